The Kier molecular flexibility index (Phi) is 5.69. The minimum absolute atomic E-state index is 0.0880. The maximum absolute atomic E-state index is 12.4. The predicted molar refractivity (Wildman–Crippen MR) is 87.8 cm³/mol. The molecule has 1 aromatic heterocycles. The minimum atomic E-state index is -0.0880. The lowest BCUT2D eigenvalue weighted by Gasteiger charge is -2.20. The van der Waals surface area contributed by atoms with Crippen molar-refractivity contribution in [3.63, 3.8) is 0 Å². The van der Waals surface area contributed by atoms with Crippen LogP contribution < -0.4 is 5.56 Å². The molecule has 0 bridgehead atoms. The first-order valence-corrected chi connectivity index (χ1v) is 7.89. The van der Waals surface area contributed by atoms with Gasteiger partial charge in [0.05, 0.1) is 17.2 Å². The first kappa shape index (κ1) is 16.2. The molecule has 0 N–H and O–H groups in total. The molecule has 118 valence electrons. The summed E-state index contributed by atoms with van der Waals surface area (Å²) in [6.45, 7) is 5.97. The molecule has 0 unspecified atom stereocenters. The number of hydrogen-bond donors (Lipinski definition) is 0. The zero-order valence-electron chi connectivity index (χ0n) is 13.3. The molecule has 1 aromatic carbocycles. The van der Waals surface area contributed by atoms with Crippen molar-refractivity contribution in [1.29, 1.82) is 0 Å². The highest BCUT2D eigenvalue weighted by Gasteiger charge is 2.12. The molecule has 0 atom stereocenters. The molecule has 0 saturated carbocycles. The zero-order chi connectivity index (χ0) is 15.9. The summed E-state index contributed by atoms with van der Waals surface area (Å²) in [4.78, 5) is 30.7. The van der Waals surface area contributed by atoms with Gasteiger partial charge in [0.15, 0.2) is 0 Å². The Morgan fingerprint density at radius 1 is 1.27 bits per heavy atom. The third-order valence-electron chi connectivity index (χ3n) is 3.81. The molecule has 0 radical (unpaired) electrons. The number of aryl methyl sites for hydroxylation is 1. The van der Waals surface area contributed by atoms with E-state index in [4.69, 9.17) is 0 Å². The second-order valence-electron chi connectivity index (χ2n) is 5.34. The molecule has 2 aromatic rings. The van der Waals surface area contributed by atoms with Crippen LogP contribution in [0.15, 0.2) is 35.4 Å². The summed E-state index contributed by atoms with van der Waals surface area (Å²) in [5.74, 6) is 0.0935. The average Bonchev–Trinajstić information content (AvgIpc) is 2.55. The summed E-state index contributed by atoms with van der Waals surface area (Å²) in [5.41, 5.74) is 0.600. The normalized spacial score (nSPS) is 10.8. The van der Waals surface area contributed by atoms with E-state index >= 15 is 0 Å². The molecule has 0 spiro atoms. The quantitative estimate of drug-likeness (QED) is 0.789. The van der Waals surface area contributed by atoms with E-state index in [1.165, 1.54) is 10.9 Å². The summed E-state index contributed by atoms with van der Waals surface area (Å²) in [7, 11) is 0. The van der Waals surface area contributed by atoms with E-state index in [2.05, 4.69) is 11.9 Å². The molecule has 1 heterocycles. The van der Waals surface area contributed by atoms with Gasteiger partial charge in [-0.3, -0.25) is 14.2 Å². The Hall–Kier alpha value is -2.17. The molecule has 1 amide bonds. The van der Waals surface area contributed by atoms with Gasteiger partial charge in [-0.05, 0) is 25.5 Å². The predicted octanol–water partition coefficient (Wildman–Crippen LogP) is 2.44. The first-order chi connectivity index (χ1) is 10.7. The number of rotatable bonds is 7. The Morgan fingerprint density at radius 2 is 2.05 bits per heavy atom. The lowest BCUT2D eigenvalue weighted by Crippen LogP contribution is -2.33. The summed E-state index contributed by atoms with van der Waals surface area (Å²) in [6, 6.07) is 7.26. The summed E-state index contributed by atoms with van der Waals surface area (Å²) >= 11 is 0. The standard InChI is InChI=1S/C17H23N3O2/c1-3-5-11-19(4-2)16(21)10-12-20-13-18-15-9-7-6-8-14(15)17(20)22/h6-9,13H,3-5,10-12H2,1-2H3. The minimum Gasteiger partial charge on any atom is -0.343 e. The summed E-state index contributed by atoms with van der Waals surface area (Å²) in [6.07, 6.45) is 3.94. The Bertz CT molecular complexity index is 694. The van der Waals surface area contributed by atoms with Crippen LogP contribution in [-0.2, 0) is 11.3 Å². The number of aromatic nitrogens is 2. The van der Waals surface area contributed by atoms with Crippen LogP contribution >= 0.6 is 0 Å². The van der Waals surface area contributed by atoms with E-state index in [9.17, 15) is 9.59 Å². The lowest BCUT2D eigenvalue weighted by molar-refractivity contribution is -0.131. The molecular formula is C17H23N3O2. The number of carbonyl (C=O) groups is 1. The van der Waals surface area contributed by atoms with E-state index in [0.29, 0.717) is 30.4 Å². The highest BCUT2D eigenvalue weighted by molar-refractivity contribution is 5.77. The molecule has 0 aliphatic carbocycles. The number of fused-ring (bicyclic) bond motifs is 1. The Balaban J connectivity index is 2.06. The average molecular weight is 301 g/mol. The number of amides is 1. The second-order valence-corrected chi connectivity index (χ2v) is 5.34. The molecule has 2 rings (SSSR count). The molecule has 5 heteroatoms. The molecule has 0 aliphatic rings. The fourth-order valence-corrected chi connectivity index (χ4v) is 2.45. The van der Waals surface area contributed by atoms with Crippen molar-refractivity contribution in [3.8, 4) is 0 Å². The van der Waals surface area contributed by atoms with Gasteiger partial charge in [-0.2, -0.15) is 0 Å². The fourth-order valence-electron chi connectivity index (χ4n) is 2.45. The lowest BCUT2D eigenvalue weighted by atomic mass is 10.2. The largest absolute Gasteiger partial charge is 0.343 e. The van der Waals surface area contributed by atoms with Gasteiger partial charge >= 0.3 is 0 Å². The number of hydrogen-bond acceptors (Lipinski definition) is 3. The van der Waals surface area contributed by atoms with Crippen LogP contribution in [0, 0.1) is 0 Å². The van der Waals surface area contributed by atoms with Crippen molar-refractivity contribution in [3.05, 3.63) is 40.9 Å². The van der Waals surface area contributed by atoms with Crippen molar-refractivity contribution < 1.29 is 4.79 Å². The van der Waals surface area contributed by atoms with Gasteiger partial charge in [0.25, 0.3) is 5.56 Å². The van der Waals surface area contributed by atoms with E-state index < -0.39 is 0 Å². The molecule has 0 saturated heterocycles. The van der Waals surface area contributed by atoms with Crippen LogP contribution in [-0.4, -0.2) is 33.4 Å². The Morgan fingerprint density at radius 3 is 2.77 bits per heavy atom. The van der Waals surface area contributed by atoms with E-state index in [1.54, 1.807) is 6.07 Å². The maximum Gasteiger partial charge on any atom is 0.261 e. The van der Waals surface area contributed by atoms with Crippen LogP contribution in [0.5, 0.6) is 0 Å². The van der Waals surface area contributed by atoms with Gasteiger partial charge in [0.1, 0.15) is 0 Å². The van der Waals surface area contributed by atoms with Crippen LogP contribution in [0.4, 0.5) is 0 Å². The Labute approximate surface area is 130 Å². The van der Waals surface area contributed by atoms with Gasteiger partial charge < -0.3 is 4.90 Å². The topological polar surface area (TPSA) is 55.2 Å². The third-order valence-corrected chi connectivity index (χ3v) is 3.81. The molecule has 0 aliphatic heterocycles. The van der Waals surface area contributed by atoms with Gasteiger partial charge in [-0.25, -0.2) is 4.98 Å². The number of carbonyl (C=O) groups excluding carboxylic acids is 1. The molecule has 22 heavy (non-hydrogen) atoms. The van der Waals surface area contributed by atoms with Crippen molar-refractivity contribution in [2.24, 2.45) is 0 Å². The summed E-state index contributed by atoms with van der Waals surface area (Å²) < 4.78 is 1.52. The summed E-state index contributed by atoms with van der Waals surface area (Å²) in [5, 5.41) is 0.593. The number of benzene rings is 1. The fraction of sp³-hybridized carbons (Fsp3) is 0.471. The van der Waals surface area contributed by atoms with Crippen LogP contribution in [0.1, 0.15) is 33.1 Å². The van der Waals surface area contributed by atoms with E-state index in [1.807, 2.05) is 30.0 Å². The van der Waals surface area contributed by atoms with Gasteiger partial charge in [-0.1, -0.05) is 25.5 Å². The van der Waals surface area contributed by atoms with Crippen molar-refractivity contribution in [1.82, 2.24) is 14.5 Å². The second kappa shape index (κ2) is 7.73. The molecular weight excluding hydrogens is 278 g/mol. The highest BCUT2D eigenvalue weighted by atomic mass is 16.2. The number of para-hydroxylation sites is 1. The number of nitrogens with zero attached hydrogens (tertiary/aromatic N) is 3. The smallest absolute Gasteiger partial charge is 0.261 e. The van der Waals surface area contributed by atoms with E-state index in [-0.39, 0.29) is 11.5 Å². The monoisotopic (exact) mass is 301 g/mol. The van der Waals surface area contributed by atoms with Crippen molar-refractivity contribution in [2.75, 3.05) is 13.1 Å². The van der Waals surface area contributed by atoms with Gasteiger partial charge in [0, 0.05) is 26.1 Å². The first-order valence-electron chi connectivity index (χ1n) is 7.89. The SMILES string of the molecule is CCCCN(CC)C(=O)CCn1cnc2ccccc2c1=O. The van der Waals surface area contributed by atoms with Crippen LogP contribution in [0.2, 0.25) is 0 Å². The molecule has 0 fully saturated rings. The zero-order valence-corrected chi connectivity index (χ0v) is 13.3. The van der Waals surface area contributed by atoms with Crippen molar-refractivity contribution in [2.45, 2.75) is 39.7 Å². The van der Waals surface area contributed by atoms with Crippen molar-refractivity contribution >= 4 is 16.8 Å². The van der Waals surface area contributed by atoms with Crippen LogP contribution in [0.25, 0.3) is 10.9 Å². The highest BCUT2D eigenvalue weighted by Crippen LogP contribution is 2.05. The number of unbranched alkanes of at least 4 members (excludes halogenated alkanes) is 1. The van der Waals surface area contributed by atoms with Gasteiger partial charge in [-0.15, -0.1) is 0 Å². The van der Waals surface area contributed by atoms with E-state index in [0.717, 1.165) is 19.4 Å². The maximum atomic E-state index is 12.4. The van der Waals surface area contributed by atoms with Crippen LogP contribution in [0.3, 0.4) is 0 Å². The molecule has 5 nitrogen and oxygen atoms in total. The van der Waals surface area contributed by atoms with Gasteiger partial charge in [0.2, 0.25) is 5.91 Å². The third kappa shape index (κ3) is 3.72.